The van der Waals surface area contributed by atoms with Crippen molar-refractivity contribution >= 4 is 10.0 Å². The number of sulfonamides is 1. The van der Waals surface area contributed by atoms with Gasteiger partial charge >= 0.3 is 0 Å². The number of nitrogens with zero attached hydrogens (tertiary/aromatic N) is 4. The van der Waals surface area contributed by atoms with Gasteiger partial charge in [-0.1, -0.05) is 0 Å². The molecule has 1 aliphatic rings. The van der Waals surface area contributed by atoms with Crippen molar-refractivity contribution in [2.45, 2.75) is 43.7 Å². The third kappa shape index (κ3) is 3.80. The standard InChI is InChI=1S/C15H22N6O2S/c1-11(2)21-9-7-13(8-10-21)18-24(22,23)14-5-3-12(4-6-14)15-16-19-20-17-15/h3-6,11,13,18H,7-10H2,1-2H3,(H,16,17,19,20). The first-order valence-corrected chi connectivity index (χ1v) is 9.54. The summed E-state index contributed by atoms with van der Waals surface area (Å²) in [6.07, 6.45) is 1.66. The third-order valence-electron chi connectivity index (χ3n) is 4.35. The molecule has 0 aliphatic carbocycles. The molecular formula is C15H22N6O2S. The van der Waals surface area contributed by atoms with Gasteiger partial charge in [-0.15, -0.1) is 10.2 Å². The van der Waals surface area contributed by atoms with Gasteiger partial charge in [0.1, 0.15) is 0 Å². The van der Waals surface area contributed by atoms with Crippen LogP contribution in [0.25, 0.3) is 11.4 Å². The van der Waals surface area contributed by atoms with E-state index in [4.69, 9.17) is 0 Å². The topological polar surface area (TPSA) is 104 Å². The zero-order chi connectivity index (χ0) is 17.2. The van der Waals surface area contributed by atoms with E-state index < -0.39 is 10.0 Å². The number of likely N-dealkylation sites (tertiary alicyclic amines) is 1. The molecule has 1 aliphatic heterocycles. The van der Waals surface area contributed by atoms with E-state index in [9.17, 15) is 8.42 Å². The SMILES string of the molecule is CC(C)N1CCC(NS(=O)(=O)c2ccc(-c3nn[nH]n3)cc2)CC1. The summed E-state index contributed by atoms with van der Waals surface area (Å²) in [7, 11) is -3.52. The Balaban J connectivity index is 1.65. The number of benzene rings is 1. The number of piperidine rings is 1. The van der Waals surface area contributed by atoms with Gasteiger partial charge in [0.25, 0.3) is 0 Å². The van der Waals surface area contributed by atoms with Crippen molar-refractivity contribution < 1.29 is 8.42 Å². The number of nitrogens with one attached hydrogen (secondary N) is 2. The molecule has 0 amide bonds. The molecule has 0 spiro atoms. The molecule has 0 atom stereocenters. The van der Waals surface area contributed by atoms with E-state index in [0.717, 1.165) is 25.9 Å². The highest BCUT2D eigenvalue weighted by molar-refractivity contribution is 7.89. The molecule has 8 nitrogen and oxygen atoms in total. The molecule has 2 heterocycles. The predicted octanol–water partition coefficient (Wildman–Crippen LogP) is 1.02. The first-order chi connectivity index (χ1) is 11.5. The maximum atomic E-state index is 12.5. The van der Waals surface area contributed by atoms with E-state index in [0.29, 0.717) is 17.4 Å². The second-order valence-electron chi connectivity index (χ2n) is 6.29. The van der Waals surface area contributed by atoms with Crippen LogP contribution in [0.15, 0.2) is 29.2 Å². The van der Waals surface area contributed by atoms with Gasteiger partial charge in [-0.2, -0.15) is 5.21 Å². The first kappa shape index (κ1) is 17.0. The molecule has 0 bridgehead atoms. The lowest BCUT2D eigenvalue weighted by molar-refractivity contribution is 0.168. The Kier molecular flexibility index (Phi) is 4.93. The van der Waals surface area contributed by atoms with Crippen LogP contribution in [0.2, 0.25) is 0 Å². The summed E-state index contributed by atoms with van der Waals surface area (Å²) < 4.78 is 27.9. The summed E-state index contributed by atoms with van der Waals surface area (Å²) in [5.41, 5.74) is 0.716. The largest absolute Gasteiger partial charge is 0.301 e. The highest BCUT2D eigenvalue weighted by Gasteiger charge is 2.25. The van der Waals surface area contributed by atoms with E-state index in [2.05, 4.69) is 44.1 Å². The molecule has 0 unspecified atom stereocenters. The Bertz CT molecular complexity index is 750. The molecule has 2 N–H and O–H groups in total. The summed E-state index contributed by atoms with van der Waals surface area (Å²) in [6, 6.07) is 6.98. The summed E-state index contributed by atoms with van der Waals surface area (Å²) in [5.74, 6) is 0.438. The number of rotatable bonds is 5. The molecular weight excluding hydrogens is 328 g/mol. The molecule has 1 aromatic carbocycles. The van der Waals surface area contributed by atoms with Gasteiger partial charge in [0, 0.05) is 17.6 Å². The number of hydrogen-bond donors (Lipinski definition) is 2. The van der Waals surface area contributed by atoms with Crippen LogP contribution in [0.5, 0.6) is 0 Å². The van der Waals surface area contributed by atoms with Crippen LogP contribution in [0.4, 0.5) is 0 Å². The zero-order valence-electron chi connectivity index (χ0n) is 13.8. The normalized spacial score (nSPS) is 17.5. The molecule has 130 valence electrons. The van der Waals surface area contributed by atoms with Crippen LogP contribution in [0.1, 0.15) is 26.7 Å². The monoisotopic (exact) mass is 350 g/mol. The highest BCUT2D eigenvalue weighted by atomic mass is 32.2. The minimum Gasteiger partial charge on any atom is -0.301 e. The number of hydrogen-bond acceptors (Lipinski definition) is 6. The van der Waals surface area contributed by atoms with Crippen molar-refractivity contribution in [2.75, 3.05) is 13.1 Å². The highest BCUT2D eigenvalue weighted by Crippen LogP contribution is 2.19. The molecule has 1 saturated heterocycles. The van der Waals surface area contributed by atoms with Gasteiger partial charge in [-0.05, 0) is 69.3 Å². The van der Waals surface area contributed by atoms with Crippen molar-refractivity contribution in [1.82, 2.24) is 30.2 Å². The van der Waals surface area contributed by atoms with Crippen molar-refractivity contribution in [3.8, 4) is 11.4 Å². The predicted molar refractivity (Wildman–Crippen MR) is 89.7 cm³/mol. The van der Waals surface area contributed by atoms with Crippen LogP contribution in [-0.2, 0) is 10.0 Å². The minimum absolute atomic E-state index is 0.0121. The molecule has 0 radical (unpaired) electrons. The van der Waals surface area contributed by atoms with E-state index in [1.165, 1.54) is 0 Å². The van der Waals surface area contributed by atoms with Gasteiger partial charge in [0.15, 0.2) is 0 Å². The molecule has 2 aromatic rings. The molecule has 1 fully saturated rings. The minimum atomic E-state index is -3.52. The molecule has 3 rings (SSSR count). The van der Waals surface area contributed by atoms with E-state index in [1.54, 1.807) is 24.3 Å². The summed E-state index contributed by atoms with van der Waals surface area (Å²) >= 11 is 0. The fourth-order valence-electron chi connectivity index (χ4n) is 2.89. The van der Waals surface area contributed by atoms with Crippen molar-refractivity contribution in [2.24, 2.45) is 0 Å². The van der Waals surface area contributed by atoms with Crippen molar-refractivity contribution in [1.29, 1.82) is 0 Å². The van der Waals surface area contributed by atoms with E-state index in [1.807, 2.05) is 0 Å². The Labute approximate surface area is 141 Å². The molecule has 1 aromatic heterocycles. The number of aromatic amines is 1. The average molecular weight is 350 g/mol. The lowest BCUT2D eigenvalue weighted by atomic mass is 10.1. The van der Waals surface area contributed by atoms with Gasteiger partial charge in [0.05, 0.1) is 4.90 Å². The summed E-state index contributed by atoms with van der Waals surface area (Å²) in [6.45, 7) is 6.16. The summed E-state index contributed by atoms with van der Waals surface area (Å²) in [4.78, 5) is 2.62. The first-order valence-electron chi connectivity index (χ1n) is 8.06. The van der Waals surface area contributed by atoms with Gasteiger partial charge < -0.3 is 4.90 Å². The smallest absolute Gasteiger partial charge is 0.240 e. The van der Waals surface area contributed by atoms with Crippen LogP contribution in [0.3, 0.4) is 0 Å². The second-order valence-corrected chi connectivity index (χ2v) is 8.00. The quantitative estimate of drug-likeness (QED) is 0.834. The number of aromatic nitrogens is 4. The van der Waals surface area contributed by atoms with Crippen LogP contribution in [-0.4, -0.2) is 59.1 Å². The van der Waals surface area contributed by atoms with Crippen LogP contribution >= 0.6 is 0 Å². The van der Waals surface area contributed by atoms with Crippen molar-refractivity contribution in [3.05, 3.63) is 24.3 Å². The Hall–Kier alpha value is -1.84. The Morgan fingerprint density at radius 2 is 1.88 bits per heavy atom. The lowest BCUT2D eigenvalue weighted by Crippen LogP contribution is -2.46. The third-order valence-corrected chi connectivity index (χ3v) is 5.89. The summed E-state index contributed by atoms with van der Waals surface area (Å²) in [5, 5.41) is 13.6. The van der Waals surface area contributed by atoms with Gasteiger partial charge in [-0.25, -0.2) is 13.1 Å². The maximum Gasteiger partial charge on any atom is 0.240 e. The van der Waals surface area contributed by atoms with Gasteiger partial charge in [0.2, 0.25) is 15.8 Å². The fourth-order valence-corrected chi connectivity index (χ4v) is 4.19. The fraction of sp³-hybridized carbons (Fsp3) is 0.533. The Morgan fingerprint density at radius 1 is 1.21 bits per heavy atom. The number of H-pyrrole nitrogens is 1. The number of tetrazole rings is 1. The van der Waals surface area contributed by atoms with E-state index >= 15 is 0 Å². The lowest BCUT2D eigenvalue weighted by Gasteiger charge is -2.34. The molecule has 24 heavy (non-hydrogen) atoms. The maximum absolute atomic E-state index is 12.5. The Morgan fingerprint density at radius 3 is 2.42 bits per heavy atom. The molecule has 0 saturated carbocycles. The van der Waals surface area contributed by atoms with Crippen molar-refractivity contribution in [3.63, 3.8) is 0 Å². The van der Waals surface area contributed by atoms with Gasteiger partial charge in [-0.3, -0.25) is 0 Å². The average Bonchev–Trinajstić information content (AvgIpc) is 3.09. The molecule has 9 heteroatoms. The second kappa shape index (κ2) is 6.96. The zero-order valence-corrected chi connectivity index (χ0v) is 14.6. The van der Waals surface area contributed by atoms with Crippen LogP contribution < -0.4 is 4.72 Å². The van der Waals surface area contributed by atoms with E-state index in [-0.39, 0.29) is 10.9 Å². The van der Waals surface area contributed by atoms with Crippen LogP contribution in [0, 0.1) is 0 Å².